The van der Waals surface area contributed by atoms with E-state index in [1.165, 1.54) is 26.4 Å². The van der Waals surface area contributed by atoms with Crippen molar-refractivity contribution in [2.24, 2.45) is 7.05 Å². The first kappa shape index (κ1) is 28.9. The van der Waals surface area contributed by atoms with E-state index in [-0.39, 0.29) is 23.9 Å². The number of methoxy groups -OCH3 is 2. The molecule has 1 aliphatic heterocycles. The van der Waals surface area contributed by atoms with Crippen LogP contribution in [0, 0.1) is 5.82 Å². The molecule has 5 rings (SSSR count). The molecule has 1 N–H and O–H groups in total. The van der Waals surface area contributed by atoms with Gasteiger partial charge in [-0.2, -0.15) is 0 Å². The summed E-state index contributed by atoms with van der Waals surface area (Å²) in [6.07, 6.45) is 3.44. The van der Waals surface area contributed by atoms with E-state index in [4.69, 9.17) is 18.9 Å². The fourth-order valence-electron chi connectivity index (χ4n) is 5.22. The molecule has 42 heavy (non-hydrogen) atoms. The lowest BCUT2D eigenvalue weighted by molar-refractivity contribution is -0.120. The van der Waals surface area contributed by atoms with Gasteiger partial charge in [-0.25, -0.2) is 9.18 Å². The quantitative estimate of drug-likeness (QED) is 0.405. The number of rotatable bonds is 8. The average Bonchev–Trinajstić information content (AvgIpc) is 3.52. The number of benzene rings is 2. The normalized spacial score (nSPS) is 15.5. The van der Waals surface area contributed by atoms with Crippen LogP contribution in [0.25, 0.3) is 17.2 Å². The second-order valence-electron chi connectivity index (χ2n) is 10.1. The second-order valence-corrected chi connectivity index (χ2v) is 10.1. The summed E-state index contributed by atoms with van der Waals surface area (Å²) in [5.74, 6) is 0.288. The van der Waals surface area contributed by atoms with Crippen LogP contribution in [0.2, 0.25) is 0 Å². The smallest absolute Gasteiger partial charge is 0.415 e. The number of carbonyl (C=O) groups is 2. The molecule has 2 aliphatic rings. The number of carbonyl (C=O) groups excluding carboxylic acids is 2. The molecule has 10 heteroatoms. The van der Waals surface area contributed by atoms with Gasteiger partial charge in [0.2, 0.25) is 11.7 Å². The number of aryl methyl sites for hydroxylation is 1. The van der Waals surface area contributed by atoms with Crippen LogP contribution in [0.5, 0.6) is 17.2 Å². The van der Waals surface area contributed by atoms with Crippen LogP contribution in [0.4, 0.5) is 9.18 Å². The monoisotopic (exact) mass is 575 g/mol. The molecule has 2 aromatic carbocycles. The molecule has 1 saturated heterocycles. The van der Waals surface area contributed by atoms with Crippen LogP contribution >= 0.6 is 0 Å². The minimum Gasteiger partial charge on any atom is -0.493 e. The maximum absolute atomic E-state index is 14.4. The molecule has 0 saturated carbocycles. The highest BCUT2D eigenvalue weighted by atomic mass is 19.1. The SMILES string of the molecule is COc1cc(C=C2C(C)=C(CC(=O)NCc3cccn3C)c3cc(F)ccc32)cc(OC)c1OC(=O)N1CCOCC1. The van der Waals surface area contributed by atoms with Crippen molar-refractivity contribution in [3.63, 3.8) is 0 Å². The summed E-state index contributed by atoms with van der Waals surface area (Å²) in [6.45, 7) is 4.10. The standard InChI is InChI=1S/C32H34FN3O6/c1-20-25(14-21-15-28(39-3)31(29(16-21)40-4)42-32(38)36-10-12-41-13-11-36)24-8-7-22(33)17-27(24)26(20)18-30(37)34-19-23-6-5-9-35(23)2/h5-9,14-17H,10-13,18-19H2,1-4H3,(H,34,37). The molecule has 1 aromatic heterocycles. The summed E-state index contributed by atoms with van der Waals surface area (Å²) >= 11 is 0. The third-order valence-corrected chi connectivity index (χ3v) is 7.56. The molecule has 1 fully saturated rings. The van der Waals surface area contributed by atoms with Crippen LogP contribution in [0.1, 0.15) is 35.7 Å². The van der Waals surface area contributed by atoms with Gasteiger partial charge in [-0.3, -0.25) is 4.79 Å². The minimum atomic E-state index is -0.512. The minimum absolute atomic E-state index is 0.104. The van der Waals surface area contributed by atoms with Crippen molar-refractivity contribution < 1.29 is 32.9 Å². The van der Waals surface area contributed by atoms with Crippen molar-refractivity contribution in [1.82, 2.24) is 14.8 Å². The number of nitrogens with zero attached hydrogens (tertiary/aromatic N) is 2. The van der Waals surface area contributed by atoms with E-state index in [9.17, 15) is 14.0 Å². The van der Waals surface area contributed by atoms with Gasteiger partial charge in [0.15, 0.2) is 11.5 Å². The number of fused-ring (bicyclic) bond motifs is 1. The topological polar surface area (TPSA) is 91.3 Å². The summed E-state index contributed by atoms with van der Waals surface area (Å²) in [4.78, 5) is 27.3. The third kappa shape index (κ3) is 6.03. The number of morpholine rings is 1. The molecule has 0 atom stereocenters. The third-order valence-electron chi connectivity index (χ3n) is 7.56. The number of nitrogens with one attached hydrogen (secondary N) is 1. The Labute approximate surface area is 244 Å². The summed E-state index contributed by atoms with van der Waals surface area (Å²) in [7, 11) is 4.90. The van der Waals surface area contributed by atoms with Gasteiger partial charge in [0.1, 0.15) is 5.82 Å². The Kier molecular flexibility index (Phi) is 8.63. The molecule has 1 aliphatic carbocycles. The number of halogens is 1. The maximum Gasteiger partial charge on any atom is 0.415 e. The van der Waals surface area contributed by atoms with Gasteiger partial charge in [-0.05, 0) is 82.8 Å². The number of aromatic nitrogens is 1. The van der Waals surface area contributed by atoms with Gasteiger partial charge in [0, 0.05) is 32.0 Å². The van der Waals surface area contributed by atoms with E-state index in [1.807, 2.05) is 42.9 Å². The lowest BCUT2D eigenvalue weighted by atomic mass is 10.00. The van der Waals surface area contributed by atoms with E-state index < -0.39 is 6.09 Å². The lowest BCUT2D eigenvalue weighted by Gasteiger charge is -2.26. The first-order chi connectivity index (χ1) is 20.3. The number of allylic oxidation sites excluding steroid dienone is 2. The number of ether oxygens (including phenoxy) is 4. The first-order valence-electron chi connectivity index (χ1n) is 13.7. The molecule has 0 spiro atoms. The molecular formula is C32H34FN3O6. The van der Waals surface area contributed by atoms with E-state index in [1.54, 1.807) is 23.1 Å². The Morgan fingerprint density at radius 2 is 1.76 bits per heavy atom. The van der Waals surface area contributed by atoms with Gasteiger partial charge in [0.05, 0.1) is 40.4 Å². The highest BCUT2D eigenvalue weighted by Gasteiger charge is 2.27. The molecule has 220 valence electrons. The first-order valence-corrected chi connectivity index (χ1v) is 13.7. The Bertz CT molecular complexity index is 1540. The Morgan fingerprint density at radius 1 is 1.05 bits per heavy atom. The van der Waals surface area contributed by atoms with Crippen LogP contribution in [0.15, 0.2) is 54.2 Å². The molecular weight excluding hydrogens is 541 g/mol. The average molecular weight is 576 g/mol. The maximum atomic E-state index is 14.4. The second kappa shape index (κ2) is 12.5. The predicted molar refractivity (Wildman–Crippen MR) is 157 cm³/mol. The zero-order valence-electron chi connectivity index (χ0n) is 24.2. The van der Waals surface area contributed by atoms with Gasteiger partial charge < -0.3 is 33.7 Å². The molecule has 9 nitrogen and oxygen atoms in total. The van der Waals surface area contributed by atoms with E-state index in [0.29, 0.717) is 55.5 Å². The van der Waals surface area contributed by atoms with Gasteiger partial charge in [0.25, 0.3) is 0 Å². The molecule has 2 amide bonds. The van der Waals surface area contributed by atoms with Gasteiger partial charge in [-0.1, -0.05) is 6.07 Å². The van der Waals surface area contributed by atoms with Gasteiger partial charge >= 0.3 is 6.09 Å². The molecule has 0 bridgehead atoms. The lowest BCUT2D eigenvalue weighted by Crippen LogP contribution is -2.42. The Hall–Kier alpha value is -4.57. The van der Waals surface area contributed by atoms with Crippen molar-refractivity contribution in [2.75, 3.05) is 40.5 Å². The molecule has 2 heterocycles. The van der Waals surface area contributed by atoms with Crippen LogP contribution in [-0.4, -0.2) is 62.0 Å². The summed E-state index contributed by atoms with van der Waals surface area (Å²) < 4.78 is 38.5. The fraction of sp³-hybridized carbons (Fsp3) is 0.312. The number of amides is 2. The zero-order chi connectivity index (χ0) is 29.8. The summed E-state index contributed by atoms with van der Waals surface area (Å²) in [5, 5.41) is 2.97. The van der Waals surface area contributed by atoms with Crippen molar-refractivity contribution in [3.05, 3.63) is 82.4 Å². The van der Waals surface area contributed by atoms with Crippen molar-refractivity contribution >= 4 is 29.2 Å². The summed E-state index contributed by atoms with van der Waals surface area (Å²) in [6, 6.07) is 12.0. The Morgan fingerprint density at radius 3 is 2.40 bits per heavy atom. The fourth-order valence-corrected chi connectivity index (χ4v) is 5.22. The van der Waals surface area contributed by atoms with E-state index >= 15 is 0 Å². The number of hydrogen-bond donors (Lipinski definition) is 1. The van der Waals surface area contributed by atoms with Crippen molar-refractivity contribution in [3.8, 4) is 17.2 Å². The van der Waals surface area contributed by atoms with Crippen molar-refractivity contribution in [2.45, 2.75) is 19.9 Å². The zero-order valence-corrected chi connectivity index (χ0v) is 24.2. The van der Waals surface area contributed by atoms with Gasteiger partial charge in [-0.15, -0.1) is 0 Å². The van der Waals surface area contributed by atoms with Crippen LogP contribution in [0.3, 0.4) is 0 Å². The largest absolute Gasteiger partial charge is 0.493 e. The van der Waals surface area contributed by atoms with Crippen LogP contribution in [-0.2, 0) is 23.1 Å². The molecule has 0 unspecified atom stereocenters. The Balaban J connectivity index is 1.45. The highest BCUT2D eigenvalue weighted by molar-refractivity contribution is 6.08. The van der Waals surface area contributed by atoms with E-state index in [2.05, 4.69) is 5.32 Å². The number of hydrogen-bond acceptors (Lipinski definition) is 6. The van der Waals surface area contributed by atoms with Crippen molar-refractivity contribution in [1.29, 1.82) is 0 Å². The predicted octanol–water partition coefficient (Wildman–Crippen LogP) is 5.05. The summed E-state index contributed by atoms with van der Waals surface area (Å²) in [5.41, 5.74) is 5.67. The molecule has 0 radical (unpaired) electrons. The van der Waals surface area contributed by atoms with E-state index in [0.717, 1.165) is 28.0 Å². The van der Waals surface area contributed by atoms with Crippen LogP contribution < -0.4 is 19.5 Å². The highest BCUT2D eigenvalue weighted by Crippen LogP contribution is 2.45. The molecule has 3 aromatic rings.